The van der Waals surface area contributed by atoms with Crippen molar-refractivity contribution in [2.24, 2.45) is 0 Å². The third-order valence-electron chi connectivity index (χ3n) is 9.75. The second-order valence-electron chi connectivity index (χ2n) is 12.1. The van der Waals surface area contributed by atoms with Crippen LogP contribution >= 0.6 is 0 Å². The van der Waals surface area contributed by atoms with Crippen molar-refractivity contribution in [1.82, 2.24) is 0 Å². The molecule has 1 nitrogen and oxygen atoms in total. The van der Waals surface area contributed by atoms with E-state index in [1.807, 2.05) is 0 Å². The quantitative estimate of drug-likeness (QED) is 0.202. The maximum absolute atomic E-state index is 2.50. The van der Waals surface area contributed by atoms with Gasteiger partial charge in [-0.25, -0.2) is 0 Å². The third-order valence-corrected chi connectivity index (χ3v) is 9.75. The highest BCUT2D eigenvalue weighted by Crippen LogP contribution is 2.65. The van der Waals surface area contributed by atoms with Gasteiger partial charge in [-0.1, -0.05) is 151 Å². The van der Waals surface area contributed by atoms with Crippen LogP contribution in [0.25, 0.3) is 33.4 Å². The standard InChI is InChI=1S/C44H31N/c1-30-26-28-32(29-27-30)45(41-24-12-8-16-33(41)31-14-3-2-4-15-31)42-25-13-20-37-36-19-7-11-23-40(36)44(43(37)42)38-21-9-5-17-34(38)35-18-6-10-22-39(35)44/h2-29H,1H3. The Kier molecular flexibility index (Phi) is 5.70. The van der Waals surface area contributed by atoms with Gasteiger partial charge in [-0.3, -0.25) is 0 Å². The molecule has 0 saturated carbocycles. The van der Waals surface area contributed by atoms with Crippen molar-refractivity contribution in [1.29, 1.82) is 0 Å². The first-order valence-corrected chi connectivity index (χ1v) is 15.7. The fraction of sp³-hybridized carbons (Fsp3) is 0.0455. The van der Waals surface area contributed by atoms with Crippen LogP contribution in [-0.4, -0.2) is 0 Å². The average molecular weight is 574 g/mol. The second-order valence-corrected chi connectivity index (χ2v) is 12.1. The van der Waals surface area contributed by atoms with Gasteiger partial charge in [0.2, 0.25) is 0 Å². The van der Waals surface area contributed by atoms with Crippen LogP contribution in [0.5, 0.6) is 0 Å². The van der Waals surface area contributed by atoms with Crippen molar-refractivity contribution in [3.8, 4) is 33.4 Å². The minimum Gasteiger partial charge on any atom is -0.310 e. The van der Waals surface area contributed by atoms with Crippen LogP contribution in [0.15, 0.2) is 170 Å². The van der Waals surface area contributed by atoms with Gasteiger partial charge in [0.05, 0.1) is 16.8 Å². The van der Waals surface area contributed by atoms with E-state index in [0.717, 1.165) is 11.4 Å². The Bertz CT molecular complexity index is 2160. The molecular formula is C44H31N. The second kappa shape index (κ2) is 9.94. The van der Waals surface area contributed by atoms with Crippen LogP contribution in [0.3, 0.4) is 0 Å². The lowest BCUT2D eigenvalue weighted by molar-refractivity contribution is 0.793. The molecule has 0 bridgehead atoms. The Balaban J connectivity index is 1.42. The van der Waals surface area contributed by atoms with Crippen LogP contribution < -0.4 is 4.90 Å². The zero-order valence-electron chi connectivity index (χ0n) is 25.1. The summed E-state index contributed by atoms with van der Waals surface area (Å²) >= 11 is 0. The van der Waals surface area contributed by atoms with Gasteiger partial charge < -0.3 is 4.90 Å². The molecule has 9 rings (SSSR count). The van der Waals surface area contributed by atoms with Crippen molar-refractivity contribution in [2.75, 3.05) is 4.90 Å². The van der Waals surface area contributed by atoms with E-state index >= 15 is 0 Å². The Hall–Kier alpha value is -5.66. The van der Waals surface area contributed by atoms with Crippen LogP contribution in [-0.2, 0) is 5.41 Å². The summed E-state index contributed by atoms with van der Waals surface area (Å²) in [5.41, 5.74) is 17.3. The molecular weight excluding hydrogens is 542 g/mol. The topological polar surface area (TPSA) is 3.24 Å². The molecule has 2 aliphatic rings. The fourth-order valence-electron chi connectivity index (χ4n) is 7.95. The van der Waals surface area contributed by atoms with Gasteiger partial charge in [0.1, 0.15) is 0 Å². The van der Waals surface area contributed by atoms with Crippen molar-refractivity contribution in [3.05, 3.63) is 198 Å². The predicted octanol–water partition coefficient (Wildman–Crippen LogP) is 11.5. The summed E-state index contributed by atoms with van der Waals surface area (Å²) < 4.78 is 0. The first kappa shape index (κ1) is 25.8. The summed E-state index contributed by atoms with van der Waals surface area (Å²) in [7, 11) is 0. The number of fused-ring (bicyclic) bond motifs is 10. The molecule has 7 aromatic carbocycles. The normalized spacial score (nSPS) is 13.2. The van der Waals surface area contributed by atoms with E-state index in [1.54, 1.807) is 0 Å². The van der Waals surface area contributed by atoms with E-state index < -0.39 is 5.41 Å². The minimum absolute atomic E-state index is 0.444. The van der Waals surface area contributed by atoms with Crippen molar-refractivity contribution in [3.63, 3.8) is 0 Å². The molecule has 0 amide bonds. The first-order valence-electron chi connectivity index (χ1n) is 15.7. The fourth-order valence-corrected chi connectivity index (χ4v) is 7.95. The number of benzene rings is 7. The van der Waals surface area contributed by atoms with Crippen LogP contribution in [0.2, 0.25) is 0 Å². The summed E-state index contributed by atoms with van der Waals surface area (Å²) in [6, 6.07) is 62.6. The number of aryl methyl sites for hydroxylation is 1. The number of para-hydroxylation sites is 1. The molecule has 0 aliphatic heterocycles. The van der Waals surface area contributed by atoms with E-state index in [4.69, 9.17) is 0 Å². The maximum atomic E-state index is 2.50. The van der Waals surface area contributed by atoms with E-state index in [9.17, 15) is 0 Å². The summed E-state index contributed by atoms with van der Waals surface area (Å²) in [5.74, 6) is 0. The van der Waals surface area contributed by atoms with Gasteiger partial charge in [0.15, 0.2) is 0 Å². The Labute approximate surface area is 264 Å². The molecule has 0 saturated heterocycles. The number of hydrogen-bond acceptors (Lipinski definition) is 1. The molecule has 0 aromatic heterocycles. The van der Waals surface area contributed by atoms with E-state index in [1.165, 1.54) is 66.9 Å². The van der Waals surface area contributed by atoms with Gasteiger partial charge in [-0.05, 0) is 75.7 Å². The highest BCUT2D eigenvalue weighted by atomic mass is 15.1. The van der Waals surface area contributed by atoms with Gasteiger partial charge in [0, 0.05) is 16.8 Å². The molecule has 0 N–H and O–H groups in total. The number of hydrogen-bond donors (Lipinski definition) is 0. The number of rotatable bonds is 4. The lowest BCUT2D eigenvalue weighted by Gasteiger charge is -2.36. The van der Waals surface area contributed by atoms with E-state index in [-0.39, 0.29) is 0 Å². The molecule has 1 heteroatoms. The number of anilines is 3. The monoisotopic (exact) mass is 573 g/mol. The lowest BCUT2D eigenvalue weighted by atomic mass is 9.70. The van der Waals surface area contributed by atoms with Gasteiger partial charge >= 0.3 is 0 Å². The predicted molar refractivity (Wildman–Crippen MR) is 188 cm³/mol. The van der Waals surface area contributed by atoms with E-state index in [2.05, 4.69) is 182 Å². The van der Waals surface area contributed by atoms with E-state index in [0.29, 0.717) is 0 Å². The lowest BCUT2D eigenvalue weighted by Crippen LogP contribution is -2.28. The van der Waals surface area contributed by atoms with Gasteiger partial charge in [0.25, 0.3) is 0 Å². The summed E-state index contributed by atoms with van der Waals surface area (Å²) in [6.07, 6.45) is 0. The van der Waals surface area contributed by atoms with Crippen molar-refractivity contribution >= 4 is 17.1 Å². The first-order chi connectivity index (χ1) is 22.3. The molecule has 45 heavy (non-hydrogen) atoms. The maximum Gasteiger partial charge on any atom is 0.0746 e. The molecule has 2 aliphatic carbocycles. The van der Waals surface area contributed by atoms with Crippen molar-refractivity contribution < 1.29 is 0 Å². The van der Waals surface area contributed by atoms with Crippen LogP contribution in [0, 0.1) is 6.92 Å². The SMILES string of the molecule is Cc1ccc(N(c2ccccc2-c2ccccc2)c2cccc3c2C2(c4ccccc4-c4ccccc42)c2ccccc2-3)cc1. The molecule has 0 unspecified atom stereocenters. The molecule has 0 heterocycles. The summed E-state index contributed by atoms with van der Waals surface area (Å²) in [6.45, 7) is 2.16. The zero-order chi connectivity index (χ0) is 30.0. The largest absolute Gasteiger partial charge is 0.310 e. The highest BCUT2D eigenvalue weighted by molar-refractivity contribution is 6.00. The zero-order valence-corrected chi connectivity index (χ0v) is 25.1. The Morgan fingerprint density at radius 3 is 1.47 bits per heavy atom. The Morgan fingerprint density at radius 2 is 0.844 bits per heavy atom. The van der Waals surface area contributed by atoms with Crippen molar-refractivity contribution in [2.45, 2.75) is 12.3 Å². The molecule has 0 radical (unpaired) electrons. The van der Waals surface area contributed by atoms with Crippen LogP contribution in [0.4, 0.5) is 17.1 Å². The molecule has 212 valence electrons. The smallest absolute Gasteiger partial charge is 0.0746 e. The summed E-state index contributed by atoms with van der Waals surface area (Å²) in [5, 5.41) is 0. The molecule has 0 fully saturated rings. The minimum atomic E-state index is -0.444. The molecule has 0 atom stereocenters. The third kappa shape index (κ3) is 3.62. The highest BCUT2D eigenvalue weighted by Gasteiger charge is 2.53. The summed E-state index contributed by atoms with van der Waals surface area (Å²) in [4.78, 5) is 2.50. The molecule has 7 aromatic rings. The van der Waals surface area contributed by atoms with Gasteiger partial charge in [-0.15, -0.1) is 0 Å². The molecule has 1 spiro atoms. The van der Waals surface area contributed by atoms with Crippen LogP contribution in [0.1, 0.15) is 27.8 Å². The average Bonchev–Trinajstić information content (AvgIpc) is 3.58. The number of nitrogens with zero attached hydrogens (tertiary/aromatic N) is 1. The van der Waals surface area contributed by atoms with Gasteiger partial charge in [-0.2, -0.15) is 0 Å². The Morgan fingerprint density at radius 1 is 0.378 bits per heavy atom.